The molecule has 0 aliphatic heterocycles. The first-order valence-electron chi connectivity index (χ1n) is 6.32. The van der Waals surface area contributed by atoms with Crippen LogP contribution in [0.4, 0.5) is 5.69 Å². The molecular formula is C15H12ClN3O3. The Bertz CT molecular complexity index is 742. The molecule has 2 aromatic carbocycles. The number of benzene rings is 2. The third-order valence-electron chi connectivity index (χ3n) is 2.91. The molecule has 1 N–H and O–H groups in total. The van der Waals surface area contributed by atoms with Gasteiger partial charge in [0.2, 0.25) is 0 Å². The molecule has 0 radical (unpaired) electrons. The number of halogens is 1. The lowest BCUT2D eigenvalue weighted by Gasteiger charge is -2.03. The number of hydrazone groups is 1. The van der Waals surface area contributed by atoms with Gasteiger partial charge in [-0.25, -0.2) is 5.43 Å². The van der Waals surface area contributed by atoms with Crippen LogP contribution >= 0.6 is 11.6 Å². The topological polar surface area (TPSA) is 84.6 Å². The second-order valence-corrected chi connectivity index (χ2v) is 4.89. The van der Waals surface area contributed by atoms with Crippen LogP contribution < -0.4 is 5.43 Å². The molecule has 0 saturated heterocycles. The van der Waals surface area contributed by atoms with Crippen molar-refractivity contribution in [1.29, 1.82) is 0 Å². The van der Waals surface area contributed by atoms with Crippen LogP contribution in [0.3, 0.4) is 0 Å². The first-order chi connectivity index (χ1) is 10.5. The minimum atomic E-state index is -0.475. The molecule has 0 aliphatic rings. The molecule has 0 heterocycles. The molecule has 6 nitrogen and oxygen atoms in total. The summed E-state index contributed by atoms with van der Waals surface area (Å²) < 4.78 is 0. The zero-order chi connectivity index (χ0) is 16.1. The van der Waals surface area contributed by atoms with Gasteiger partial charge in [0.1, 0.15) is 0 Å². The van der Waals surface area contributed by atoms with E-state index in [2.05, 4.69) is 10.5 Å². The Labute approximate surface area is 131 Å². The summed E-state index contributed by atoms with van der Waals surface area (Å²) in [5.41, 5.74) is 4.02. The molecule has 2 aromatic rings. The number of hydrogen-bond acceptors (Lipinski definition) is 4. The maximum Gasteiger partial charge on any atom is 0.271 e. The van der Waals surface area contributed by atoms with Crippen LogP contribution in [0.25, 0.3) is 0 Å². The first-order valence-corrected chi connectivity index (χ1v) is 6.70. The van der Waals surface area contributed by atoms with Crippen LogP contribution in [0.1, 0.15) is 22.8 Å². The second-order valence-electron chi connectivity index (χ2n) is 4.45. The van der Waals surface area contributed by atoms with Crippen molar-refractivity contribution in [2.45, 2.75) is 6.92 Å². The van der Waals surface area contributed by atoms with E-state index >= 15 is 0 Å². The molecule has 22 heavy (non-hydrogen) atoms. The van der Waals surface area contributed by atoms with Crippen molar-refractivity contribution in [1.82, 2.24) is 5.43 Å². The number of nitrogens with zero attached hydrogens (tertiary/aromatic N) is 2. The van der Waals surface area contributed by atoms with Gasteiger partial charge in [-0.15, -0.1) is 0 Å². The Morgan fingerprint density at radius 1 is 1.18 bits per heavy atom. The van der Waals surface area contributed by atoms with E-state index in [1.54, 1.807) is 37.3 Å². The average molecular weight is 318 g/mol. The van der Waals surface area contributed by atoms with Gasteiger partial charge in [-0.05, 0) is 42.8 Å². The number of nitro groups is 1. The number of hydrogen-bond donors (Lipinski definition) is 1. The van der Waals surface area contributed by atoms with Crippen LogP contribution in [0, 0.1) is 10.1 Å². The van der Waals surface area contributed by atoms with Crippen molar-refractivity contribution in [2.75, 3.05) is 0 Å². The van der Waals surface area contributed by atoms with Gasteiger partial charge in [0.15, 0.2) is 0 Å². The third kappa shape index (κ3) is 3.89. The average Bonchev–Trinajstić information content (AvgIpc) is 2.52. The van der Waals surface area contributed by atoms with Crippen molar-refractivity contribution in [2.24, 2.45) is 5.10 Å². The lowest BCUT2D eigenvalue weighted by Crippen LogP contribution is -2.19. The molecule has 0 saturated carbocycles. The Balaban J connectivity index is 2.09. The van der Waals surface area contributed by atoms with E-state index in [9.17, 15) is 14.9 Å². The largest absolute Gasteiger partial charge is 0.271 e. The smallest absolute Gasteiger partial charge is 0.267 e. The number of amides is 1. The van der Waals surface area contributed by atoms with Gasteiger partial charge in [-0.3, -0.25) is 14.9 Å². The zero-order valence-electron chi connectivity index (χ0n) is 11.6. The number of non-ortho nitro benzene ring substituents is 1. The molecule has 2 rings (SSSR count). The highest BCUT2D eigenvalue weighted by Crippen LogP contribution is 2.13. The van der Waals surface area contributed by atoms with Gasteiger partial charge in [-0.1, -0.05) is 17.7 Å². The van der Waals surface area contributed by atoms with Crippen molar-refractivity contribution < 1.29 is 9.72 Å². The fourth-order valence-corrected chi connectivity index (χ4v) is 1.91. The normalized spacial score (nSPS) is 11.1. The van der Waals surface area contributed by atoms with E-state index < -0.39 is 4.92 Å². The number of nitrogens with one attached hydrogen (secondary N) is 1. The van der Waals surface area contributed by atoms with Crippen molar-refractivity contribution in [3.8, 4) is 0 Å². The highest BCUT2D eigenvalue weighted by molar-refractivity contribution is 6.30. The standard InChI is InChI=1S/C15H12ClN3O3/c1-10(11-5-7-14(8-6-11)19(21)22)17-18-15(20)12-3-2-4-13(16)9-12/h2-9H,1H3,(H,18,20)/b17-10-. The summed E-state index contributed by atoms with van der Waals surface area (Å²) in [4.78, 5) is 22.0. The summed E-state index contributed by atoms with van der Waals surface area (Å²) in [5.74, 6) is -0.385. The molecule has 112 valence electrons. The highest BCUT2D eigenvalue weighted by Gasteiger charge is 2.07. The van der Waals surface area contributed by atoms with E-state index in [1.165, 1.54) is 18.2 Å². The van der Waals surface area contributed by atoms with E-state index in [-0.39, 0.29) is 11.6 Å². The lowest BCUT2D eigenvalue weighted by atomic mass is 10.1. The quantitative estimate of drug-likeness (QED) is 0.533. The fourth-order valence-electron chi connectivity index (χ4n) is 1.72. The van der Waals surface area contributed by atoms with E-state index in [4.69, 9.17) is 11.6 Å². The van der Waals surface area contributed by atoms with E-state index in [0.717, 1.165) is 0 Å². The van der Waals surface area contributed by atoms with E-state index in [1.807, 2.05) is 0 Å². The Kier molecular flexibility index (Phi) is 4.85. The van der Waals surface area contributed by atoms with Crippen LogP contribution in [0.15, 0.2) is 53.6 Å². The predicted molar refractivity (Wildman–Crippen MR) is 84.2 cm³/mol. The molecular weight excluding hydrogens is 306 g/mol. The zero-order valence-corrected chi connectivity index (χ0v) is 12.4. The molecule has 1 amide bonds. The lowest BCUT2D eigenvalue weighted by molar-refractivity contribution is -0.384. The molecule has 0 fully saturated rings. The van der Waals surface area contributed by atoms with Gasteiger partial charge in [-0.2, -0.15) is 5.10 Å². The summed E-state index contributed by atoms with van der Waals surface area (Å²) in [7, 11) is 0. The first kappa shape index (κ1) is 15.7. The molecule has 0 aromatic heterocycles. The Morgan fingerprint density at radius 2 is 1.86 bits per heavy atom. The maximum atomic E-state index is 11.9. The number of rotatable bonds is 4. The molecule has 7 heteroatoms. The molecule has 0 atom stereocenters. The number of carbonyl (C=O) groups excluding carboxylic acids is 1. The molecule has 0 bridgehead atoms. The summed E-state index contributed by atoms with van der Waals surface area (Å²) in [6, 6.07) is 12.4. The van der Waals surface area contributed by atoms with Gasteiger partial charge in [0.05, 0.1) is 10.6 Å². The summed E-state index contributed by atoms with van der Waals surface area (Å²) in [6.45, 7) is 1.69. The van der Waals surface area contributed by atoms with Crippen LogP contribution in [-0.4, -0.2) is 16.5 Å². The summed E-state index contributed by atoms with van der Waals surface area (Å²) in [6.07, 6.45) is 0. The minimum absolute atomic E-state index is 0.000451. The second kappa shape index (κ2) is 6.82. The Morgan fingerprint density at radius 3 is 2.45 bits per heavy atom. The highest BCUT2D eigenvalue weighted by atomic mass is 35.5. The summed E-state index contributed by atoms with van der Waals surface area (Å²) >= 11 is 5.82. The van der Waals surface area contributed by atoms with Crippen LogP contribution in [-0.2, 0) is 0 Å². The fraction of sp³-hybridized carbons (Fsp3) is 0.0667. The van der Waals surface area contributed by atoms with Gasteiger partial charge >= 0.3 is 0 Å². The van der Waals surface area contributed by atoms with Crippen LogP contribution in [0.5, 0.6) is 0 Å². The van der Waals surface area contributed by atoms with Gasteiger partial charge in [0.25, 0.3) is 11.6 Å². The minimum Gasteiger partial charge on any atom is -0.267 e. The molecule has 0 unspecified atom stereocenters. The number of carbonyl (C=O) groups is 1. The van der Waals surface area contributed by atoms with Crippen LogP contribution in [0.2, 0.25) is 5.02 Å². The monoisotopic (exact) mass is 317 g/mol. The third-order valence-corrected chi connectivity index (χ3v) is 3.14. The molecule has 0 aliphatic carbocycles. The van der Waals surface area contributed by atoms with Crippen molar-refractivity contribution in [3.63, 3.8) is 0 Å². The predicted octanol–water partition coefficient (Wildman–Crippen LogP) is 3.40. The van der Waals surface area contributed by atoms with E-state index in [0.29, 0.717) is 21.9 Å². The van der Waals surface area contributed by atoms with Gasteiger partial charge < -0.3 is 0 Å². The van der Waals surface area contributed by atoms with Crippen molar-refractivity contribution in [3.05, 3.63) is 74.8 Å². The Hall–Kier alpha value is -2.73. The SMILES string of the molecule is C/C(=N/NC(=O)c1cccc(Cl)c1)c1ccc([N+](=O)[O-])cc1. The summed E-state index contributed by atoms with van der Waals surface area (Å²) in [5, 5.41) is 15.0. The van der Waals surface area contributed by atoms with Gasteiger partial charge in [0, 0.05) is 22.7 Å². The maximum absolute atomic E-state index is 11.9. The molecule has 0 spiro atoms. The number of nitro benzene ring substituents is 1. The van der Waals surface area contributed by atoms with Crippen molar-refractivity contribution >= 4 is 28.9 Å².